The number of rotatable bonds is 5. The summed E-state index contributed by atoms with van der Waals surface area (Å²) in [7, 11) is 0. The van der Waals surface area contributed by atoms with Crippen LogP contribution in [0, 0.1) is 28.6 Å². The van der Waals surface area contributed by atoms with E-state index in [-0.39, 0.29) is 35.1 Å². The van der Waals surface area contributed by atoms with Gasteiger partial charge in [-0.3, -0.25) is 9.59 Å². The fourth-order valence-electron chi connectivity index (χ4n) is 6.94. The molecule has 7 heteroatoms. The van der Waals surface area contributed by atoms with Crippen molar-refractivity contribution in [2.75, 3.05) is 5.32 Å². The van der Waals surface area contributed by atoms with Gasteiger partial charge in [0.2, 0.25) is 5.91 Å². The van der Waals surface area contributed by atoms with E-state index in [0.29, 0.717) is 12.3 Å². The number of carbonyl (C=O) groups excluding carboxylic acids is 2. The van der Waals surface area contributed by atoms with Crippen LogP contribution in [0.5, 0.6) is 11.5 Å². The largest absolute Gasteiger partial charge is 0.506 e. The lowest BCUT2D eigenvalue weighted by Gasteiger charge is -2.57. The van der Waals surface area contributed by atoms with Crippen molar-refractivity contribution in [3.05, 3.63) is 41.5 Å². The third kappa shape index (κ3) is 3.28. The van der Waals surface area contributed by atoms with Crippen molar-refractivity contribution >= 4 is 23.3 Å². The molecule has 0 aliphatic heterocycles. The SMILES string of the molecule is C=C1CC23CCC1CC2[C@](C)(CCC(=O)Nc1c(O)ccc(C(=O)O)c1O)C(=O)[C@@H]1C=C1C3. The van der Waals surface area contributed by atoms with Crippen LogP contribution in [-0.2, 0) is 9.59 Å². The Morgan fingerprint density at radius 1 is 1.24 bits per heavy atom. The molecule has 33 heavy (non-hydrogen) atoms. The van der Waals surface area contributed by atoms with Gasteiger partial charge in [0.15, 0.2) is 5.75 Å². The van der Waals surface area contributed by atoms with E-state index in [1.807, 2.05) is 6.92 Å². The Kier molecular flexibility index (Phi) is 4.75. The Balaban J connectivity index is 1.37. The van der Waals surface area contributed by atoms with Gasteiger partial charge in [-0.15, -0.1) is 0 Å². The highest BCUT2D eigenvalue weighted by Crippen LogP contribution is 2.68. The van der Waals surface area contributed by atoms with Gasteiger partial charge in [0, 0.05) is 11.8 Å². The van der Waals surface area contributed by atoms with Gasteiger partial charge in [0.1, 0.15) is 22.8 Å². The Labute approximate surface area is 192 Å². The van der Waals surface area contributed by atoms with Gasteiger partial charge < -0.3 is 20.6 Å². The monoisotopic (exact) mass is 451 g/mol. The normalized spacial score (nSPS) is 34.1. The molecule has 1 aromatic rings. The number of hydrogen-bond acceptors (Lipinski definition) is 5. The Morgan fingerprint density at radius 3 is 2.70 bits per heavy atom. The van der Waals surface area contributed by atoms with E-state index in [2.05, 4.69) is 18.0 Å². The summed E-state index contributed by atoms with van der Waals surface area (Å²) in [5.41, 5.74) is 1.19. The Bertz CT molecular complexity index is 1140. The summed E-state index contributed by atoms with van der Waals surface area (Å²) in [6.07, 6.45) is 7.50. The average molecular weight is 452 g/mol. The standard InChI is InChI=1S/C26H29NO6/c1-13-11-26-8-5-14(13)10-19(26)25(2,23(31)17-9-15(17)12-26)7-6-20(29)27-21-18(28)4-3-16(22(21)30)24(32)33/h3-4,9,14,17,19,28,30H,1,5-8,10-12H2,2H3,(H,27,29)(H,32,33)/t14?,17-,19?,25+,26?/m1/s1. The van der Waals surface area contributed by atoms with Gasteiger partial charge >= 0.3 is 5.97 Å². The van der Waals surface area contributed by atoms with Crippen LogP contribution in [-0.4, -0.2) is 33.0 Å². The molecule has 1 spiro atoms. The van der Waals surface area contributed by atoms with E-state index in [0.717, 1.165) is 44.2 Å². The second-order valence-corrected chi connectivity index (χ2v) is 10.6. The first kappa shape index (κ1) is 21.7. The zero-order valence-electron chi connectivity index (χ0n) is 18.7. The number of carboxylic acids is 1. The minimum atomic E-state index is -1.37. The van der Waals surface area contributed by atoms with Gasteiger partial charge in [-0.05, 0) is 67.9 Å². The highest BCUT2D eigenvalue weighted by Gasteiger charge is 2.62. The van der Waals surface area contributed by atoms with Crippen molar-refractivity contribution in [3.63, 3.8) is 0 Å². The second-order valence-electron chi connectivity index (χ2n) is 10.6. The maximum atomic E-state index is 13.6. The number of carboxylic acid groups (broad SMARTS) is 1. The van der Waals surface area contributed by atoms with Crippen molar-refractivity contribution in [3.8, 4) is 11.5 Å². The van der Waals surface area contributed by atoms with Gasteiger partial charge in [-0.25, -0.2) is 4.79 Å². The second kappa shape index (κ2) is 7.20. The molecule has 2 bridgehead atoms. The van der Waals surface area contributed by atoms with Crippen molar-refractivity contribution in [2.24, 2.45) is 28.6 Å². The van der Waals surface area contributed by atoms with Crippen LogP contribution in [0.2, 0.25) is 0 Å². The maximum Gasteiger partial charge on any atom is 0.339 e. The molecule has 6 rings (SSSR count). The number of fused-ring (bicyclic) bond motifs is 3. The highest BCUT2D eigenvalue weighted by atomic mass is 16.4. The number of aromatic carboxylic acids is 1. The molecule has 5 aliphatic rings. The summed E-state index contributed by atoms with van der Waals surface area (Å²) in [6, 6.07) is 2.18. The molecule has 0 heterocycles. The Hall–Kier alpha value is -3.09. The summed E-state index contributed by atoms with van der Waals surface area (Å²) >= 11 is 0. The Morgan fingerprint density at radius 2 is 2.00 bits per heavy atom. The number of phenols is 2. The third-order valence-electron chi connectivity index (χ3n) is 8.77. The molecule has 0 radical (unpaired) electrons. The topological polar surface area (TPSA) is 124 Å². The number of ketones is 1. The molecule has 0 saturated heterocycles. The van der Waals surface area contributed by atoms with E-state index in [1.54, 1.807) is 0 Å². The molecule has 5 aliphatic carbocycles. The first-order valence-corrected chi connectivity index (χ1v) is 11.6. The van der Waals surface area contributed by atoms with E-state index in [1.165, 1.54) is 11.1 Å². The third-order valence-corrected chi connectivity index (χ3v) is 8.77. The molecular weight excluding hydrogens is 422 g/mol. The predicted molar refractivity (Wildman–Crippen MR) is 121 cm³/mol. The van der Waals surface area contributed by atoms with E-state index >= 15 is 0 Å². The molecule has 174 valence electrons. The van der Waals surface area contributed by atoms with Crippen LogP contribution in [0.15, 0.2) is 35.9 Å². The number of allylic oxidation sites excluding steroid dienone is 3. The fourth-order valence-corrected chi connectivity index (χ4v) is 6.94. The molecule has 1 aromatic carbocycles. The van der Waals surface area contributed by atoms with E-state index < -0.39 is 34.4 Å². The van der Waals surface area contributed by atoms with Gasteiger partial charge in [0.05, 0.1) is 5.92 Å². The minimum Gasteiger partial charge on any atom is -0.506 e. The molecule has 1 amide bonds. The number of phenolic OH excluding ortho intramolecular Hbond substituents is 1. The number of aromatic hydroxyl groups is 2. The molecule has 4 fully saturated rings. The van der Waals surface area contributed by atoms with Crippen LogP contribution in [0.25, 0.3) is 0 Å². The zero-order valence-corrected chi connectivity index (χ0v) is 18.7. The van der Waals surface area contributed by atoms with Crippen molar-refractivity contribution in [1.29, 1.82) is 0 Å². The summed E-state index contributed by atoms with van der Waals surface area (Å²) in [5, 5.41) is 31.9. The van der Waals surface area contributed by atoms with Gasteiger partial charge in [-0.2, -0.15) is 0 Å². The first-order valence-electron chi connectivity index (χ1n) is 11.6. The number of amides is 1. The smallest absolute Gasteiger partial charge is 0.339 e. The quantitative estimate of drug-likeness (QED) is 0.388. The molecular formula is C26H29NO6. The van der Waals surface area contributed by atoms with Gasteiger partial charge in [-0.1, -0.05) is 30.7 Å². The van der Waals surface area contributed by atoms with Crippen LogP contribution in [0.3, 0.4) is 0 Å². The number of nitrogens with one attached hydrogen (secondary N) is 1. The summed E-state index contributed by atoms with van der Waals surface area (Å²) < 4.78 is 0. The molecule has 5 atom stereocenters. The predicted octanol–water partition coefficient (Wildman–Crippen LogP) is 4.41. The molecule has 3 unspecified atom stereocenters. The fraction of sp³-hybridized carbons (Fsp3) is 0.500. The first-order chi connectivity index (χ1) is 15.6. The van der Waals surface area contributed by atoms with Crippen LogP contribution < -0.4 is 5.32 Å². The van der Waals surface area contributed by atoms with Crippen molar-refractivity contribution in [2.45, 2.75) is 51.9 Å². The molecule has 4 N–H and O–H groups in total. The average Bonchev–Trinajstić information content (AvgIpc) is 3.52. The van der Waals surface area contributed by atoms with E-state index in [9.17, 15) is 29.7 Å². The summed E-state index contributed by atoms with van der Waals surface area (Å²) in [5.74, 6) is -2.24. The molecule has 0 aromatic heterocycles. The van der Waals surface area contributed by atoms with Crippen LogP contribution >= 0.6 is 0 Å². The van der Waals surface area contributed by atoms with Crippen LogP contribution in [0.1, 0.15) is 62.2 Å². The summed E-state index contributed by atoms with van der Waals surface area (Å²) in [6.45, 7) is 6.33. The number of hydrogen-bond donors (Lipinski definition) is 4. The number of anilines is 1. The number of carbonyl (C=O) groups is 3. The molecule has 7 nitrogen and oxygen atoms in total. The number of Topliss-reactive ketones (excluding diaryl/α,β-unsaturated/α-hetero) is 1. The highest BCUT2D eigenvalue weighted by molar-refractivity contribution is 6.00. The zero-order chi connectivity index (χ0) is 23.7. The maximum absolute atomic E-state index is 13.6. The van der Waals surface area contributed by atoms with Crippen LogP contribution in [0.4, 0.5) is 5.69 Å². The van der Waals surface area contributed by atoms with Crippen molar-refractivity contribution in [1.82, 2.24) is 0 Å². The van der Waals surface area contributed by atoms with Gasteiger partial charge in [0.25, 0.3) is 0 Å². The van der Waals surface area contributed by atoms with Crippen molar-refractivity contribution < 1.29 is 29.7 Å². The lowest BCUT2D eigenvalue weighted by atomic mass is 9.46. The lowest BCUT2D eigenvalue weighted by Crippen LogP contribution is -2.52. The minimum absolute atomic E-state index is 0.0265. The lowest BCUT2D eigenvalue weighted by molar-refractivity contribution is -0.140. The summed E-state index contributed by atoms with van der Waals surface area (Å²) in [4.78, 5) is 37.6. The molecule has 4 saturated carbocycles. The van der Waals surface area contributed by atoms with E-state index in [4.69, 9.17) is 0 Å². The number of benzene rings is 1.